The van der Waals surface area contributed by atoms with Gasteiger partial charge in [-0.1, -0.05) is 6.92 Å². The number of likely N-dealkylation sites (tertiary alicyclic amines) is 1. The molecule has 0 spiro atoms. The van der Waals surface area contributed by atoms with E-state index in [4.69, 9.17) is 0 Å². The van der Waals surface area contributed by atoms with Gasteiger partial charge in [-0.3, -0.25) is 0 Å². The van der Waals surface area contributed by atoms with E-state index in [1.807, 2.05) is 23.8 Å². The fraction of sp³-hybridized carbons (Fsp3) is 0.571. The third kappa shape index (κ3) is 3.12. The molecule has 110 valence electrons. The Morgan fingerprint density at radius 3 is 2.90 bits per heavy atom. The van der Waals surface area contributed by atoms with E-state index in [0.717, 1.165) is 18.4 Å². The van der Waals surface area contributed by atoms with Gasteiger partial charge in [0.2, 0.25) is 0 Å². The van der Waals surface area contributed by atoms with Gasteiger partial charge in [0.25, 0.3) is 0 Å². The van der Waals surface area contributed by atoms with Gasteiger partial charge in [-0.05, 0) is 41.1 Å². The predicted molar refractivity (Wildman–Crippen MR) is 77.7 cm³/mol. The summed E-state index contributed by atoms with van der Waals surface area (Å²) < 4.78 is 0. The van der Waals surface area contributed by atoms with Crippen LogP contribution in [-0.2, 0) is 11.3 Å². The Morgan fingerprint density at radius 1 is 1.55 bits per heavy atom. The normalized spacial score (nSPS) is 22.6. The molecule has 1 aromatic rings. The van der Waals surface area contributed by atoms with Gasteiger partial charge in [-0.15, -0.1) is 0 Å². The molecule has 1 aromatic heterocycles. The molecule has 6 heteroatoms. The molecular weight excluding hydrogens is 276 g/mol. The summed E-state index contributed by atoms with van der Waals surface area (Å²) in [6.07, 6.45) is 1.72. The summed E-state index contributed by atoms with van der Waals surface area (Å²) in [5.74, 6) is -0.908. The lowest BCUT2D eigenvalue weighted by molar-refractivity contribution is -0.145. The number of hydrogen-bond donors (Lipinski definition) is 1. The van der Waals surface area contributed by atoms with E-state index in [9.17, 15) is 14.7 Å². The van der Waals surface area contributed by atoms with Crippen LogP contribution in [0.5, 0.6) is 0 Å². The van der Waals surface area contributed by atoms with Crippen LogP contribution in [0.3, 0.4) is 0 Å². The summed E-state index contributed by atoms with van der Waals surface area (Å²) in [5, 5.41) is 13.3. The Bertz CT molecular complexity index is 475. The Kier molecular flexibility index (Phi) is 4.65. The van der Waals surface area contributed by atoms with E-state index in [1.54, 1.807) is 23.3 Å². The number of carbonyl (C=O) groups excluding carboxylic acids is 1. The van der Waals surface area contributed by atoms with E-state index in [0.29, 0.717) is 13.1 Å². The van der Waals surface area contributed by atoms with Crippen LogP contribution in [0.25, 0.3) is 0 Å². The van der Waals surface area contributed by atoms with Crippen molar-refractivity contribution >= 4 is 23.3 Å². The van der Waals surface area contributed by atoms with Crippen LogP contribution in [0.1, 0.15) is 25.3 Å². The number of urea groups is 1. The Hall–Kier alpha value is -1.56. The third-order valence-electron chi connectivity index (χ3n) is 3.76. The van der Waals surface area contributed by atoms with Crippen molar-refractivity contribution in [3.05, 3.63) is 22.4 Å². The molecule has 20 heavy (non-hydrogen) atoms. The lowest BCUT2D eigenvalue weighted by atomic mass is 9.91. The van der Waals surface area contributed by atoms with Gasteiger partial charge in [-0.2, -0.15) is 11.3 Å². The molecule has 2 atom stereocenters. The van der Waals surface area contributed by atoms with Crippen molar-refractivity contribution in [3.63, 3.8) is 0 Å². The quantitative estimate of drug-likeness (QED) is 0.932. The molecule has 2 unspecified atom stereocenters. The highest BCUT2D eigenvalue weighted by Gasteiger charge is 2.38. The highest BCUT2D eigenvalue weighted by Crippen LogP contribution is 2.25. The number of carboxylic acid groups (broad SMARTS) is 1. The van der Waals surface area contributed by atoms with Crippen molar-refractivity contribution in [2.24, 2.45) is 5.92 Å². The maximum absolute atomic E-state index is 12.5. The van der Waals surface area contributed by atoms with Crippen LogP contribution in [0.15, 0.2) is 16.8 Å². The molecule has 2 amide bonds. The first-order chi connectivity index (χ1) is 9.50. The molecule has 0 saturated carbocycles. The zero-order valence-corrected chi connectivity index (χ0v) is 12.6. The summed E-state index contributed by atoms with van der Waals surface area (Å²) in [4.78, 5) is 27.0. The Balaban J connectivity index is 2.07. The lowest BCUT2D eigenvalue weighted by Crippen LogP contribution is -2.55. The van der Waals surface area contributed by atoms with E-state index in [2.05, 4.69) is 0 Å². The highest BCUT2D eigenvalue weighted by atomic mass is 32.1. The van der Waals surface area contributed by atoms with E-state index >= 15 is 0 Å². The van der Waals surface area contributed by atoms with Crippen molar-refractivity contribution < 1.29 is 14.7 Å². The van der Waals surface area contributed by atoms with Crippen LogP contribution >= 0.6 is 11.3 Å². The molecule has 5 nitrogen and oxygen atoms in total. The summed E-state index contributed by atoms with van der Waals surface area (Å²) in [5.41, 5.74) is 1.07. The Morgan fingerprint density at radius 2 is 2.30 bits per heavy atom. The summed E-state index contributed by atoms with van der Waals surface area (Å²) in [7, 11) is 1.72. The molecule has 0 aromatic carbocycles. The minimum absolute atomic E-state index is 0.000234. The van der Waals surface area contributed by atoms with Gasteiger partial charge in [0.1, 0.15) is 6.04 Å². The number of nitrogens with zero attached hydrogens (tertiary/aromatic N) is 2. The molecule has 0 aliphatic carbocycles. The number of carbonyl (C=O) groups is 2. The number of piperidine rings is 1. The second kappa shape index (κ2) is 6.26. The average molecular weight is 296 g/mol. The van der Waals surface area contributed by atoms with Crippen LogP contribution < -0.4 is 0 Å². The molecule has 1 N–H and O–H groups in total. The molecule has 1 aliphatic rings. The average Bonchev–Trinajstić information content (AvgIpc) is 2.89. The van der Waals surface area contributed by atoms with E-state index < -0.39 is 12.0 Å². The molecule has 2 rings (SSSR count). The van der Waals surface area contributed by atoms with Gasteiger partial charge < -0.3 is 14.9 Å². The number of rotatable bonds is 3. The molecule has 2 heterocycles. The van der Waals surface area contributed by atoms with Crippen LogP contribution in [-0.4, -0.2) is 46.5 Å². The first kappa shape index (κ1) is 14.8. The third-order valence-corrected chi connectivity index (χ3v) is 4.49. The zero-order valence-electron chi connectivity index (χ0n) is 11.8. The maximum Gasteiger partial charge on any atom is 0.326 e. The van der Waals surface area contributed by atoms with Gasteiger partial charge in [0, 0.05) is 20.1 Å². The van der Waals surface area contributed by atoms with Crippen LogP contribution in [0.2, 0.25) is 0 Å². The largest absolute Gasteiger partial charge is 0.480 e. The van der Waals surface area contributed by atoms with Crippen molar-refractivity contribution in [3.8, 4) is 0 Å². The monoisotopic (exact) mass is 296 g/mol. The predicted octanol–water partition coefficient (Wildman–Crippen LogP) is 2.49. The number of carboxylic acids is 1. The van der Waals surface area contributed by atoms with E-state index in [-0.39, 0.29) is 11.9 Å². The fourth-order valence-corrected chi connectivity index (χ4v) is 3.38. The van der Waals surface area contributed by atoms with E-state index in [1.165, 1.54) is 4.90 Å². The molecule has 0 bridgehead atoms. The molecule has 1 fully saturated rings. The van der Waals surface area contributed by atoms with Crippen molar-refractivity contribution in [1.82, 2.24) is 9.80 Å². The fourth-order valence-electron chi connectivity index (χ4n) is 2.72. The van der Waals surface area contributed by atoms with Gasteiger partial charge in [-0.25, -0.2) is 9.59 Å². The first-order valence-corrected chi connectivity index (χ1v) is 7.70. The Labute approximate surface area is 122 Å². The topological polar surface area (TPSA) is 60.9 Å². The van der Waals surface area contributed by atoms with Crippen LogP contribution in [0, 0.1) is 5.92 Å². The minimum Gasteiger partial charge on any atom is -0.480 e. The van der Waals surface area contributed by atoms with Crippen molar-refractivity contribution in [2.45, 2.75) is 32.4 Å². The summed E-state index contributed by atoms with van der Waals surface area (Å²) >= 11 is 1.59. The molecule has 0 radical (unpaired) electrons. The smallest absolute Gasteiger partial charge is 0.326 e. The highest BCUT2D eigenvalue weighted by molar-refractivity contribution is 7.07. The van der Waals surface area contributed by atoms with Crippen LogP contribution in [0.4, 0.5) is 4.79 Å². The second-order valence-corrected chi connectivity index (χ2v) is 6.15. The molecule has 1 saturated heterocycles. The number of aliphatic carboxylic acids is 1. The molecular formula is C14H20N2O3S. The van der Waals surface area contributed by atoms with Crippen molar-refractivity contribution in [1.29, 1.82) is 0 Å². The van der Waals surface area contributed by atoms with Gasteiger partial charge >= 0.3 is 12.0 Å². The summed E-state index contributed by atoms with van der Waals surface area (Å²) in [6.45, 7) is 2.94. The van der Waals surface area contributed by atoms with Gasteiger partial charge in [0.15, 0.2) is 0 Å². The second-order valence-electron chi connectivity index (χ2n) is 5.37. The maximum atomic E-state index is 12.5. The zero-order chi connectivity index (χ0) is 14.7. The number of hydrogen-bond acceptors (Lipinski definition) is 3. The van der Waals surface area contributed by atoms with Crippen molar-refractivity contribution in [2.75, 3.05) is 13.6 Å². The standard InChI is InChI=1S/C14H20N2O3S/c1-10-4-3-6-16(12(10)13(17)18)14(19)15(2)8-11-5-7-20-9-11/h5,7,9-10,12H,3-4,6,8H2,1-2H3,(H,17,18). The van der Waals surface area contributed by atoms with Gasteiger partial charge in [0.05, 0.1) is 0 Å². The summed E-state index contributed by atoms with van der Waals surface area (Å²) in [6, 6.07) is 1.07. The SMILES string of the molecule is CC1CCCN(C(=O)N(C)Cc2ccsc2)C1C(=O)O. The first-order valence-electron chi connectivity index (χ1n) is 6.76. The number of amides is 2. The molecule has 1 aliphatic heterocycles. The minimum atomic E-state index is -0.908. The lowest BCUT2D eigenvalue weighted by Gasteiger charge is -2.39. The number of thiophene rings is 1.